The Kier molecular flexibility index (Phi) is 5.96. The fraction of sp³-hybridized carbons (Fsp3) is 0.440. The third-order valence-electron chi connectivity index (χ3n) is 7.02. The van der Waals surface area contributed by atoms with Crippen LogP contribution in [0.1, 0.15) is 43.6 Å². The number of nitrogens with zero attached hydrogens (tertiary/aromatic N) is 2. The summed E-state index contributed by atoms with van der Waals surface area (Å²) in [4.78, 5) is 21.7. The van der Waals surface area contributed by atoms with Crippen LogP contribution in [0.25, 0.3) is 11.0 Å². The van der Waals surface area contributed by atoms with Gasteiger partial charge in [-0.2, -0.15) is 13.2 Å². The highest BCUT2D eigenvalue weighted by Gasteiger charge is 2.48. The predicted octanol–water partition coefficient (Wildman–Crippen LogP) is 4.83. The van der Waals surface area contributed by atoms with Crippen molar-refractivity contribution in [3.63, 3.8) is 0 Å². The summed E-state index contributed by atoms with van der Waals surface area (Å²) in [6.45, 7) is 4.84. The molecular weight excluding hydrogens is 497 g/mol. The molecule has 0 bridgehead atoms. The number of H-pyrrole nitrogens is 1. The Morgan fingerprint density at radius 2 is 1.92 bits per heavy atom. The van der Waals surface area contributed by atoms with E-state index in [2.05, 4.69) is 20.2 Å². The van der Waals surface area contributed by atoms with Crippen molar-refractivity contribution in [2.24, 2.45) is 0 Å². The molecule has 7 nitrogen and oxygen atoms in total. The number of piperidine rings is 1. The van der Waals surface area contributed by atoms with Crippen LogP contribution in [-0.2, 0) is 22.0 Å². The number of aliphatic hydroxyl groups is 1. The number of aromatic amines is 1. The molecule has 3 N–H and O–H groups in total. The molecule has 1 saturated heterocycles. The topological polar surface area (TPSA) is 90.5 Å². The van der Waals surface area contributed by atoms with Gasteiger partial charge in [0.25, 0.3) is 0 Å². The summed E-state index contributed by atoms with van der Waals surface area (Å²) < 4.78 is 46.8. The van der Waals surface area contributed by atoms with Crippen LogP contribution in [0.15, 0.2) is 30.3 Å². The van der Waals surface area contributed by atoms with Crippen LogP contribution in [0.5, 0.6) is 5.75 Å². The summed E-state index contributed by atoms with van der Waals surface area (Å²) in [7, 11) is 0. The van der Waals surface area contributed by atoms with Crippen LogP contribution in [0.4, 0.5) is 18.9 Å². The van der Waals surface area contributed by atoms with Gasteiger partial charge in [-0.15, -0.1) is 0 Å². The van der Waals surface area contributed by atoms with E-state index in [-0.39, 0.29) is 35.1 Å². The number of aromatic nitrogens is 2. The van der Waals surface area contributed by atoms with Crippen LogP contribution in [-0.4, -0.2) is 52.1 Å². The molecule has 1 amide bonds. The lowest BCUT2D eigenvalue weighted by atomic mass is 9.73. The molecule has 0 unspecified atom stereocenters. The molecule has 11 heteroatoms. The van der Waals surface area contributed by atoms with Crippen LogP contribution in [0, 0.1) is 0 Å². The molecule has 5 rings (SSSR count). The molecule has 3 aromatic rings. The number of fused-ring (bicyclic) bond motifs is 3. The van der Waals surface area contributed by atoms with Gasteiger partial charge >= 0.3 is 6.18 Å². The first-order valence-corrected chi connectivity index (χ1v) is 12.1. The third-order valence-corrected chi connectivity index (χ3v) is 7.25. The molecule has 0 radical (unpaired) electrons. The number of carbonyl (C=O) groups excluding carboxylic acids is 1. The number of ether oxygens (including phenoxy) is 1. The van der Waals surface area contributed by atoms with Crippen molar-refractivity contribution >= 4 is 34.2 Å². The number of imidazole rings is 1. The molecule has 2 aliphatic heterocycles. The van der Waals surface area contributed by atoms with Gasteiger partial charge in [0.15, 0.2) is 0 Å². The molecule has 0 aliphatic carbocycles. The van der Waals surface area contributed by atoms with Gasteiger partial charge in [0.1, 0.15) is 23.8 Å². The molecular formula is C25H26ClF3N4O3. The largest absolute Gasteiger partial charge is 0.492 e. The average Bonchev–Trinajstić information content (AvgIpc) is 3.34. The van der Waals surface area contributed by atoms with Crippen molar-refractivity contribution in [1.82, 2.24) is 14.9 Å². The van der Waals surface area contributed by atoms with Crippen molar-refractivity contribution in [3.05, 3.63) is 52.3 Å². The number of hydrogen-bond donors (Lipinski definition) is 3. The lowest BCUT2D eigenvalue weighted by Crippen LogP contribution is -2.47. The van der Waals surface area contributed by atoms with E-state index in [4.69, 9.17) is 16.3 Å². The quantitative estimate of drug-likeness (QED) is 0.447. The maximum atomic E-state index is 13.7. The van der Waals surface area contributed by atoms with Crippen LogP contribution >= 0.6 is 11.6 Å². The van der Waals surface area contributed by atoms with E-state index in [9.17, 15) is 23.1 Å². The Hall–Kier alpha value is -2.82. The monoisotopic (exact) mass is 522 g/mol. The minimum atomic E-state index is -4.62. The highest BCUT2D eigenvalue weighted by atomic mass is 35.5. The molecule has 0 atom stereocenters. The van der Waals surface area contributed by atoms with E-state index in [1.807, 2.05) is 12.1 Å². The standard InChI is InChI=1S/C25H26ClF3N4O3/c1-23(2,35)21-30-19-13-15(12-17(20(19)32-21)25(27,28)29)36-10-9-33-7-5-24(6-8-33)16-11-14(26)3-4-18(16)31-22(24)34/h3-4,11-13,35H,5-10H2,1-2H3,(H,30,32)(H,31,34). The Bertz CT molecular complexity index is 1320. The maximum Gasteiger partial charge on any atom is 0.418 e. The molecule has 192 valence electrons. The van der Waals surface area contributed by atoms with E-state index in [0.717, 1.165) is 17.3 Å². The molecule has 1 fully saturated rings. The first-order chi connectivity index (χ1) is 16.9. The van der Waals surface area contributed by atoms with Gasteiger partial charge in [-0.1, -0.05) is 11.6 Å². The molecule has 2 aromatic carbocycles. The summed E-state index contributed by atoms with van der Waals surface area (Å²) >= 11 is 6.17. The zero-order valence-corrected chi connectivity index (χ0v) is 20.6. The number of anilines is 1. The zero-order chi connectivity index (χ0) is 25.9. The van der Waals surface area contributed by atoms with Crippen LogP contribution in [0.3, 0.4) is 0 Å². The van der Waals surface area contributed by atoms with Gasteiger partial charge in [0, 0.05) is 23.3 Å². The highest BCUT2D eigenvalue weighted by Crippen LogP contribution is 2.46. The van der Waals surface area contributed by atoms with Gasteiger partial charge < -0.3 is 20.1 Å². The van der Waals surface area contributed by atoms with E-state index in [1.165, 1.54) is 19.9 Å². The molecule has 0 saturated carbocycles. The maximum absolute atomic E-state index is 13.7. The van der Waals surface area contributed by atoms with Gasteiger partial charge in [0.2, 0.25) is 5.91 Å². The SMILES string of the molecule is CC(C)(O)c1nc2cc(OCCN3CCC4(CC3)C(=O)Nc3ccc(Cl)cc34)cc(C(F)(F)F)c2[nH]1. The number of likely N-dealkylation sites (tertiary alicyclic amines) is 1. The van der Waals surface area contributed by atoms with Crippen molar-refractivity contribution in [1.29, 1.82) is 0 Å². The van der Waals surface area contributed by atoms with Crippen molar-refractivity contribution in [2.75, 3.05) is 31.6 Å². The average molecular weight is 523 g/mol. The predicted molar refractivity (Wildman–Crippen MR) is 129 cm³/mol. The first-order valence-electron chi connectivity index (χ1n) is 11.7. The summed E-state index contributed by atoms with van der Waals surface area (Å²) in [5.41, 5.74) is -1.33. The van der Waals surface area contributed by atoms with Crippen molar-refractivity contribution < 1.29 is 27.8 Å². The second-order valence-corrected chi connectivity index (χ2v) is 10.4. The van der Waals surface area contributed by atoms with E-state index in [0.29, 0.717) is 37.5 Å². The van der Waals surface area contributed by atoms with E-state index in [1.54, 1.807) is 6.07 Å². The van der Waals surface area contributed by atoms with Gasteiger partial charge in [-0.25, -0.2) is 4.98 Å². The Balaban J connectivity index is 1.26. The second-order valence-electron chi connectivity index (χ2n) is 9.92. The molecule has 3 heterocycles. The molecule has 2 aliphatic rings. The minimum Gasteiger partial charge on any atom is -0.492 e. The number of alkyl halides is 3. The molecule has 36 heavy (non-hydrogen) atoms. The number of benzene rings is 2. The fourth-order valence-corrected chi connectivity index (χ4v) is 5.19. The lowest BCUT2D eigenvalue weighted by molar-refractivity contribution is -0.136. The minimum absolute atomic E-state index is 0.0203. The van der Waals surface area contributed by atoms with Gasteiger partial charge in [-0.05, 0) is 69.6 Å². The summed E-state index contributed by atoms with van der Waals surface area (Å²) in [6, 6.07) is 7.80. The third kappa shape index (κ3) is 4.42. The Morgan fingerprint density at radius 1 is 1.19 bits per heavy atom. The fourth-order valence-electron chi connectivity index (χ4n) is 5.02. The van der Waals surface area contributed by atoms with Gasteiger partial charge in [0.05, 0.1) is 22.0 Å². The number of rotatable bonds is 5. The summed E-state index contributed by atoms with van der Waals surface area (Å²) in [6.07, 6.45) is -3.39. The second kappa shape index (κ2) is 8.64. The summed E-state index contributed by atoms with van der Waals surface area (Å²) in [5, 5.41) is 13.7. The van der Waals surface area contributed by atoms with Crippen LogP contribution in [0.2, 0.25) is 5.02 Å². The number of amides is 1. The first kappa shape index (κ1) is 24.9. The smallest absolute Gasteiger partial charge is 0.418 e. The Morgan fingerprint density at radius 3 is 2.58 bits per heavy atom. The van der Waals surface area contributed by atoms with Crippen molar-refractivity contribution in [2.45, 2.75) is 43.9 Å². The number of halogens is 4. The number of nitrogens with one attached hydrogen (secondary N) is 2. The molecule has 1 spiro atoms. The Labute approximate surface area is 210 Å². The normalized spacial score (nSPS) is 18.0. The summed E-state index contributed by atoms with van der Waals surface area (Å²) in [5.74, 6) is 0.0742. The highest BCUT2D eigenvalue weighted by molar-refractivity contribution is 6.31. The van der Waals surface area contributed by atoms with Crippen LogP contribution < -0.4 is 10.1 Å². The van der Waals surface area contributed by atoms with Gasteiger partial charge in [-0.3, -0.25) is 9.69 Å². The molecule has 1 aromatic heterocycles. The van der Waals surface area contributed by atoms with E-state index < -0.39 is 22.8 Å². The number of carbonyl (C=O) groups is 1. The number of hydrogen-bond acceptors (Lipinski definition) is 5. The lowest BCUT2D eigenvalue weighted by Gasteiger charge is -2.38. The zero-order valence-electron chi connectivity index (χ0n) is 19.8. The van der Waals surface area contributed by atoms with E-state index >= 15 is 0 Å². The van der Waals surface area contributed by atoms with Crippen molar-refractivity contribution in [3.8, 4) is 5.75 Å².